The van der Waals surface area contributed by atoms with E-state index in [2.05, 4.69) is 11.8 Å². The van der Waals surface area contributed by atoms with Crippen LogP contribution in [0, 0.1) is 16.0 Å². The highest BCUT2D eigenvalue weighted by molar-refractivity contribution is 7.89. The number of rotatable bonds is 4. The molecule has 0 unspecified atom stereocenters. The van der Waals surface area contributed by atoms with Gasteiger partial charge in [-0.25, -0.2) is 8.42 Å². The summed E-state index contributed by atoms with van der Waals surface area (Å²) in [6, 6.07) is 6.12. The van der Waals surface area contributed by atoms with Gasteiger partial charge in [-0.15, -0.1) is 0 Å². The first kappa shape index (κ1) is 18.3. The molecule has 138 valence electrons. The van der Waals surface area contributed by atoms with Crippen molar-refractivity contribution in [1.82, 2.24) is 9.21 Å². The number of sulfonamides is 1. The SMILES string of the molecule is C[C@H]1CCC[C@@H](N2CCN(S(=O)(=O)c3ccccc3[N+](=O)[O-])CC2)C1. The van der Waals surface area contributed by atoms with Crippen LogP contribution in [0.1, 0.15) is 32.6 Å². The highest BCUT2D eigenvalue weighted by atomic mass is 32.2. The molecule has 1 aliphatic carbocycles. The quantitative estimate of drug-likeness (QED) is 0.603. The molecule has 1 saturated carbocycles. The molecule has 3 rings (SSSR count). The molecule has 0 N–H and O–H groups in total. The number of nitrogens with zero attached hydrogens (tertiary/aromatic N) is 3. The Morgan fingerprint density at radius 1 is 1.12 bits per heavy atom. The minimum Gasteiger partial charge on any atom is -0.298 e. The zero-order valence-corrected chi connectivity index (χ0v) is 15.3. The molecule has 0 amide bonds. The fourth-order valence-electron chi connectivity index (χ4n) is 4.01. The Bertz CT molecular complexity index is 729. The molecule has 1 saturated heterocycles. The van der Waals surface area contributed by atoms with Crippen LogP contribution in [0.15, 0.2) is 29.2 Å². The Morgan fingerprint density at radius 3 is 2.44 bits per heavy atom. The van der Waals surface area contributed by atoms with E-state index in [-0.39, 0.29) is 10.6 Å². The maximum Gasteiger partial charge on any atom is 0.289 e. The molecule has 25 heavy (non-hydrogen) atoms. The first-order valence-corrected chi connectivity index (χ1v) is 10.3. The third kappa shape index (κ3) is 3.86. The van der Waals surface area contributed by atoms with Crippen molar-refractivity contribution in [3.63, 3.8) is 0 Å². The van der Waals surface area contributed by atoms with Crippen molar-refractivity contribution in [3.05, 3.63) is 34.4 Å². The average molecular weight is 367 g/mol. The Morgan fingerprint density at radius 2 is 1.80 bits per heavy atom. The van der Waals surface area contributed by atoms with Gasteiger partial charge < -0.3 is 0 Å². The van der Waals surface area contributed by atoms with E-state index < -0.39 is 14.9 Å². The molecule has 7 nitrogen and oxygen atoms in total. The summed E-state index contributed by atoms with van der Waals surface area (Å²) in [5.41, 5.74) is -0.356. The van der Waals surface area contributed by atoms with E-state index in [0.717, 1.165) is 5.92 Å². The smallest absolute Gasteiger partial charge is 0.289 e. The van der Waals surface area contributed by atoms with Crippen molar-refractivity contribution >= 4 is 15.7 Å². The monoisotopic (exact) mass is 367 g/mol. The van der Waals surface area contributed by atoms with Gasteiger partial charge in [0, 0.05) is 38.3 Å². The number of piperazine rings is 1. The first-order valence-electron chi connectivity index (χ1n) is 8.87. The minimum atomic E-state index is -3.84. The second kappa shape index (κ2) is 7.39. The van der Waals surface area contributed by atoms with E-state index in [0.29, 0.717) is 32.2 Å². The summed E-state index contributed by atoms with van der Waals surface area (Å²) in [5.74, 6) is 0.729. The van der Waals surface area contributed by atoms with Crippen molar-refractivity contribution in [1.29, 1.82) is 0 Å². The predicted octanol–water partition coefficient (Wildman–Crippen LogP) is 2.48. The van der Waals surface area contributed by atoms with Crippen molar-refractivity contribution in [2.45, 2.75) is 43.5 Å². The number of para-hydroxylation sites is 1. The van der Waals surface area contributed by atoms with Gasteiger partial charge in [0.2, 0.25) is 10.0 Å². The molecule has 0 aromatic heterocycles. The zero-order valence-electron chi connectivity index (χ0n) is 14.5. The number of hydrogen-bond acceptors (Lipinski definition) is 5. The molecule has 2 fully saturated rings. The lowest BCUT2D eigenvalue weighted by Crippen LogP contribution is -2.52. The van der Waals surface area contributed by atoms with Gasteiger partial charge in [0.05, 0.1) is 4.92 Å². The van der Waals surface area contributed by atoms with Crippen LogP contribution in [0.5, 0.6) is 0 Å². The lowest BCUT2D eigenvalue weighted by Gasteiger charge is -2.41. The lowest BCUT2D eigenvalue weighted by atomic mass is 9.86. The molecule has 0 spiro atoms. The van der Waals surface area contributed by atoms with Crippen molar-refractivity contribution in [2.75, 3.05) is 26.2 Å². The van der Waals surface area contributed by atoms with Gasteiger partial charge in [-0.05, 0) is 24.8 Å². The summed E-state index contributed by atoms with van der Waals surface area (Å²) in [6.07, 6.45) is 4.88. The molecule has 1 heterocycles. The van der Waals surface area contributed by atoms with Gasteiger partial charge in [-0.3, -0.25) is 15.0 Å². The van der Waals surface area contributed by atoms with Crippen LogP contribution in [0.3, 0.4) is 0 Å². The lowest BCUT2D eigenvalue weighted by molar-refractivity contribution is -0.387. The molecular formula is C17H25N3O4S. The highest BCUT2D eigenvalue weighted by Gasteiger charge is 2.35. The van der Waals surface area contributed by atoms with Crippen molar-refractivity contribution in [2.24, 2.45) is 5.92 Å². The summed E-state index contributed by atoms with van der Waals surface area (Å²) in [6.45, 7) is 4.44. The zero-order chi connectivity index (χ0) is 18.0. The van der Waals surface area contributed by atoms with Gasteiger partial charge in [-0.2, -0.15) is 4.31 Å². The van der Waals surface area contributed by atoms with Crippen LogP contribution < -0.4 is 0 Å². The second-order valence-corrected chi connectivity index (χ2v) is 9.00. The summed E-state index contributed by atoms with van der Waals surface area (Å²) >= 11 is 0. The van der Waals surface area contributed by atoms with Gasteiger partial charge in [0.25, 0.3) is 5.69 Å². The molecule has 1 aliphatic heterocycles. The maximum atomic E-state index is 12.9. The number of nitro benzene ring substituents is 1. The van der Waals surface area contributed by atoms with Crippen LogP contribution in [-0.4, -0.2) is 54.8 Å². The molecular weight excluding hydrogens is 342 g/mol. The van der Waals surface area contributed by atoms with E-state index in [1.807, 2.05) is 0 Å². The Labute approximate surface area is 148 Å². The van der Waals surface area contributed by atoms with Gasteiger partial charge in [0.1, 0.15) is 0 Å². The summed E-state index contributed by atoms with van der Waals surface area (Å²) < 4.78 is 27.1. The van der Waals surface area contributed by atoms with Crippen LogP contribution in [0.25, 0.3) is 0 Å². The minimum absolute atomic E-state index is 0.209. The van der Waals surface area contributed by atoms with E-state index in [1.54, 1.807) is 0 Å². The Balaban J connectivity index is 1.71. The molecule has 1 aromatic carbocycles. The predicted molar refractivity (Wildman–Crippen MR) is 94.8 cm³/mol. The Kier molecular flexibility index (Phi) is 5.41. The fourth-order valence-corrected chi connectivity index (χ4v) is 5.59. The van der Waals surface area contributed by atoms with E-state index in [4.69, 9.17) is 0 Å². The fraction of sp³-hybridized carbons (Fsp3) is 0.647. The molecule has 8 heteroatoms. The first-order chi connectivity index (χ1) is 11.9. The topological polar surface area (TPSA) is 83.8 Å². The molecule has 0 bridgehead atoms. The summed E-state index contributed by atoms with van der Waals surface area (Å²) in [7, 11) is -3.84. The Hall–Kier alpha value is -1.51. The van der Waals surface area contributed by atoms with Crippen LogP contribution in [0.2, 0.25) is 0 Å². The highest BCUT2D eigenvalue weighted by Crippen LogP contribution is 2.30. The summed E-state index contributed by atoms with van der Waals surface area (Å²) in [5, 5.41) is 11.2. The normalized spacial score (nSPS) is 26.4. The van der Waals surface area contributed by atoms with Crippen LogP contribution in [-0.2, 0) is 10.0 Å². The molecule has 2 atom stereocenters. The number of benzene rings is 1. The largest absolute Gasteiger partial charge is 0.298 e. The molecule has 2 aliphatic rings. The van der Waals surface area contributed by atoms with Crippen LogP contribution >= 0.6 is 0 Å². The van der Waals surface area contributed by atoms with Crippen molar-refractivity contribution < 1.29 is 13.3 Å². The van der Waals surface area contributed by atoms with Crippen molar-refractivity contribution in [3.8, 4) is 0 Å². The number of hydrogen-bond donors (Lipinski definition) is 0. The third-order valence-electron chi connectivity index (χ3n) is 5.38. The number of nitro groups is 1. The van der Waals surface area contributed by atoms with E-state index in [9.17, 15) is 18.5 Å². The van der Waals surface area contributed by atoms with E-state index >= 15 is 0 Å². The average Bonchev–Trinajstić information content (AvgIpc) is 2.62. The molecule has 0 radical (unpaired) electrons. The van der Waals surface area contributed by atoms with Gasteiger partial charge in [0.15, 0.2) is 4.90 Å². The van der Waals surface area contributed by atoms with Crippen LogP contribution in [0.4, 0.5) is 5.69 Å². The molecule has 1 aromatic rings. The standard InChI is InChI=1S/C17H25N3O4S/c1-14-5-4-6-15(13-14)18-9-11-19(12-10-18)25(23,24)17-8-3-2-7-16(17)20(21)22/h2-3,7-8,14-15H,4-6,9-13H2,1H3/t14-,15+/m0/s1. The third-order valence-corrected chi connectivity index (χ3v) is 7.32. The van der Waals surface area contributed by atoms with Gasteiger partial charge in [-0.1, -0.05) is 31.9 Å². The van der Waals surface area contributed by atoms with Gasteiger partial charge >= 0.3 is 0 Å². The maximum absolute atomic E-state index is 12.9. The summed E-state index contributed by atoms with van der Waals surface area (Å²) in [4.78, 5) is 12.7. The van der Waals surface area contributed by atoms with E-state index in [1.165, 1.54) is 54.3 Å². The second-order valence-electron chi connectivity index (χ2n) is 7.09.